The predicted molar refractivity (Wildman–Crippen MR) is 89.2 cm³/mol. The molecule has 4 nitrogen and oxygen atoms in total. The molecule has 3 rings (SSSR count). The molecule has 0 aliphatic carbocycles. The van der Waals surface area contributed by atoms with Crippen molar-refractivity contribution in [3.63, 3.8) is 0 Å². The molecule has 0 unspecified atom stereocenters. The zero-order chi connectivity index (χ0) is 15.6. The van der Waals surface area contributed by atoms with Gasteiger partial charge in [0, 0.05) is 38.4 Å². The highest BCUT2D eigenvalue weighted by atomic mass is 16.5. The van der Waals surface area contributed by atoms with Gasteiger partial charge in [-0.3, -0.25) is 4.90 Å². The molecule has 0 amide bonds. The van der Waals surface area contributed by atoms with Gasteiger partial charge in [0.2, 0.25) is 0 Å². The molecule has 122 valence electrons. The second-order valence-corrected chi connectivity index (χ2v) is 7.01. The summed E-state index contributed by atoms with van der Waals surface area (Å²) in [5.74, 6) is 0.323. The van der Waals surface area contributed by atoms with Crippen LogP contribution in [0.15, 0.2) is 24.3 Å². The van der Waals surface area contributed by atoms with Crippen LogP contribution in [-0.2, 0) is 11.3 Å². The van der Waals surface area contributed by atoms with Gasteiger partial charge in [0.1, 0.15) is 0 Å². The fourth-order valence-electron chi connectivity index (χ4n) is 3.38. The third-order valence-corrected chi connectivity index (χ3v) is 5.22. The number of likely N-dealkylation sites (tertiary alicyclic amines) is 1. The average Bonchev–Trinajstić information content (AvgIpc) is 2.53. The Balaban J connectivity index is 1.63. The molecule has 1 aromatic rings. The Morgan fingerprint density at radius 2 is 2.05 bits per heavy atom. The van der Waals surface area contributed by atoms with Gasteiger partial charge in [-0.1, -0.05) is 19.1 Å². The van der Waals surface area contributed by atoms with Gasteiger partial charge in [0.15, 0.2) is 0 Å². The third kappa shape index (κ3) is 3.62. The number of morpholine rings is 1. The molecule has 1 aromatic carbocycles. The summed E-state index contributed by atoms with van der Waals surface area (Å²) in [4.78, 5) is 4.86. The van der Waals surface area contributed by atoms with Crippen molar-refractivity contribution >= 4 is 5.69 Å². The summed E-state index contributed by atoms with van der Waals surface area (Å²) in [6.07, 6.45) is 0.858. The van der Waals surface area contributed by atoms with Crippen LogP contribution < -0.4 is 4.90 Å². The molecule has 2 aliphatic rings. The van der Waals surface area contributed by atoms with Gasteiger partial charge in [0.25, 0.3) is 0 Å². The fraction of sp³-hybridized carbons (Fsp3) is 0.667. The summed E-state index contributed by atoms with van der Waals surface area (Å²) < 4.78 is 5.43. The minimum absolute atomic E-state index is 0.323. The molecule has 0 saturated carbocycles. The van der Waals surface area contributed by atoms with E-state index in [1.54, 1.807) is 0 Å². The van der Waals surface area contributed by atoms with Crippen LogP contribution >= 0.6 is 0 Å². The molecule has 0 spiro atoms. The Morgan fingerprint density at radius 1 is 1.27 bits per heavy atom. The summed E-state index contributed by atoms with van der Waals surface area (Å²) in [6.45, 7) is 10.6. The molecular weight excluding hydrogens is 276 g/mol. The molecule has 1 N–H and O–H groups in total. The summed E-state index contributed by atoms with van der Waals surface area (Å²) in [7, 11) is 0. The van der Waals surface area contributed by atoms with E-state index >= 15 is 0 Å². The number of piperidine rings is 1. The van der Waals surface area contributed by atoms with E-state index in [0.29, 0.717) is 5.92 Å². The number of rotatable bonds is 3. The molecule has 22 heavy (non-hydrogen) atoms. The topological polar surface area (TPSA) is 35.9 Å². The standard InChI is InChI=1S/C18H28N2O2/c1-15-13-19(7-6-18(15,2)21)14-16-4-3-5-17(12-16)20-8-10-22-11-9-20/h3-5,12,15,21H,6-11,13-14H2,1-2H3/t15-,18+/m1/s1. The van der Waals surface area contributed by atoms with Crippen molar-refractivity contribution in [3.05, 3.63) is 29.8 Å². The molecule has 2 atom stereocenters. The first kappa shape index (κ1) is 15.8. The lowest BCUT2D eigenvalue weighted by Crippen LogP contribution is -2.48. The first-order valence-electron chi connectivity index (χ1n) is 8.41. The van der Waals surface area contributed by atoms with Crippen LogP contribution in [0.2, 0.25) is 0 Å². The van der Waals surface area contributed by atoms with Crippen molar-refractivity contribution in [1.82, 2.24) is 4.90 Å². The van der Waals surface area contributed by atoms with E-state index in [0.717, 1.165) is 52.4 Å². The molecule has 2 heterocycles. The van der Waals surface area contributed by atoms with Crippen LogP contribution in [0.25, 0.3) is 0 Å². The maximum absolute atomic E-state index is 10.3. The SMILES string of the molecule is C[C@@H]1CN(Cc2cccc(N3CCOCC3)c2)CC[C@]1(C)O. The quantitative estimate of drug-likeness (QED) is 0.928. The first-order valence-corrected chi connectivity index (χ1v) is 8.41. The molecule has 0 radical (unpaired) electrons. The Labute approximate surface area is 133 Å². The lowest BCUT2D eigenvalue weighted by atomic mass is 9.84. The highest BCUT2D eigenvalue weighted by molar-refractivity contribution is 5.48. The highest BCUT2D eigenvalue weighted by Crippen LogP contribution is 2.28. The fourth-order valence-corrected chi connectivity index (χ4v) is 3.38. The molecule has 2 fully saturated rings. The number of nitrogens with zero attached hydrogens (tertiary/aromatic N) is 2. The van der Waals surface area contributed by atoms with Gasteiger partial charge in [-0.2, -0.15) is 0 Å². The minimum Gasteiger partial charge on any atom is -0.390 e. The Kier molecular flexibility index (Phi) is 4.71. The smallest absolute Gasteiger partial charge is 0.0669 e. The monoisotopic (exact) mass is 304 g/mol. The number of benzene rings is 1. The van der Waals surface area contributed by atoms with Crippen LogP contribution in [0.1, 0.15) is 25.8 Å². The number of anilines is 1. The summed E-state index contributed by atoms with van der Waals surface area (Å²) in [5, 5.41) is 10.3. The van der Waals surface area contributed by atoms with E-state index in [9.17, 15) is 5.11 Å². The largest absolute Gasteiger partial charge is 0.390 e. The van der Waals surface area contributed by atoms with E-state index in [2.05, 4.69) is 41.0 Å². The highest BCUT2D eigenvalue weighted by Gasteiger charge is 2.34. The van der Waals surface area contributed by atoms with Crippen LogP contribution in [0.5, 0.6) is 0 Å². The summed E-state index contributed by atoms with van der Waals surface area (Å²) >= 11 is 0. The molecule has 4 heteroatoms. The molecule has 0 bridgehead atoms. The van der Waals surface area contributed by atoms with Crippen molar-refractivity contribution in [2.45, 2.75) is 32.4 Å². The Bertz CT molecular complexity index is 498. The number of ether oxygens (including phenoxy) is 1. The van der Waals surface area contributed by atoms with Gasteiger partial charge < -0.3 is 14.7 Å². The van der Waals surface area contributed by atoms with Gasteiger partial charge >= 0.3 is 0 Å². The lowest BCUT2D eigenvalue weighted by molar-refractivity contribution is -0.0523. The number of hydrogen-bond acceptors (Lipinski definition) is 4. The van der Waals surface area contributed by atoms with Gasteiger partial charge in [-0.25, -0.2) is 0 Å². The maximum Gasteiger partial charge on any atom is 0.0669 e. The van der Waals surface area contributed by atoms with Gasteiger partial charge in [-0.15, -0.1) is 0 Å². The maximum atomic E-state index is 10.3. The van der Waals surface area contributed by atoms with E-state index < -0.39 is 5.60 Å². The van der Waals surface area contributed by atoms with Crippen molar-refractivity contribution in [2.24, 2.45) is 5.92 Å². The van der Waals surface area contributed by atoms with Crippen LogP contribution in [-0.4, -0.2) is 55.0 Å². The van der Waals surface area contributed by atoms with Crippen molar-refractivity contribution in [2.75, 3.05) is 44.3 Å². The van der Waals surface area contributed by atoms with E-state index in [1.807, 2.05) is 6.92 Å². The van der Waals surface area contributed by atoms with E-state index in [4.69, 9.17) is 4.74 Å². The van der Waals surface area contributed by atoms with E-state index in [-0.39, 0.29) is 0 Å². The van der Waals surface area contributed by atoms with Crippen LogP contribution in [0.4, 0.5) is 5.69 Å². The number of hydrogen-bond donors (Lipinski definition) is 1. The third-order valence-electron chi connectivity index (χ3n) is 5.22. The average molecular weight is 304 g/mol. The van der Waals surface area contributed by atoms with E-state index in [1.165, 1.54) is 11.3 Å². The number of aliphatic hydroxyl groups is 1. The summed E-state index contributed by atoms with van der Waals surface area (Å²) in [5.41, 5.74) is 2.15. The lowest BCUT2D eigenvalue weighted by Gasteiger charge is -2.41. The molecular formula is C18H28N2O2. The Hall–Kier alpha value is -1.10. The van der Waals surface area contributed by atoms with Gasteiger partial charge in [0.05, 0.1) is 18.8 Å². The molecule has 0 aromatic heterocycles. The zero-order valence-electron chi connectivity index (χ0n) is 13.8. The normalized spacial score (nSPS) is 30.5. The molecule has 2 saturated heterocycles. The van der Waals surface area contributed by atoms with Crippen molar-refractivity contribution in [3.8, 4) is 0 Å². The van der Waals surface area contributed by atoms with Crippen molar-refractivity contribution in [1.29, 1.82) is 0 Å². The van der Waals surface area contributed by atoms with Crippen LogP contribution in [0.3, 0.4) is 0 Å². The Morgan fingerprint density at radius 3 is 2.77 bits per heavy atom. The zero-order valence-corrected chi connectivity index (χ0v) is 13.8. The van der Waals surface area contributed by atoms with Crippen molar-refractivity contribution < 1.29 is 9.84 Å². The summed E-state index contributed by atoms with van der Waals surface area (Å²) in [6, 6.07) is 8.87. The minimum atomic E-state index is -0.508. The predicted octanol–water partition coefficient (Wildman–Crippen LogP) is 2.12. The second kappa shape index (κ2) is 6.57. The molecule has 2 aliphatic heterocycles. The van der Waals surface area contributed by atoms with Crippen LogP contribution in [0, 0.1) is 5.92 Å². The van der Waals surface area contributed by atoms with Gasteiger partial charge in [-0.05, 0) is 37.0 Å². The first-order chi connectivity index (χ1) is 10.5. The second-order valence-electron chi connectivity index (χ2n) is 7.01.